The fourth-order valence-electron chi connectivity index (χ4n) is 2.61. The molecule has 1 fully saturated rings. The van der Waals surface area contributed by atoms with E-state index in [1.54, 1.807) is 12.1 Å². The van der Waals surface area contributed by atoms with Crippen LogP contribution in [0.4, 0.5) is 0 Å². The van der Waals surface area contributed by atoms with E-state index in [0.717, 1.165) is 18.4 Å². The topological polar surface area (TPSA) is 89.7 Å². The lowest BCUT2D eigenvalue weighted by Crippen LogP contribution is -2.45. The van der Waals surface area contributed by atoms with Crippen molar-refractivity contribution in [2.45, 2.75) is 26.2 Å². The fraction of sp³-hybridized carbons (Fsp3) is 0.471. The number of nitrogens with two attached hydrogens (primary N) is 1. The molecule has 1 heterocycles. The van der Waals surface area contributed by atoms with Gasteiger partial charge < -0.3 is 15.4 Å². The largest absolute Gasteiger partial charge is 0.452 e. The number of rotatable bonds is 5. The summed E-state index contributed by atoms with van der Waals surface area (Å²) in [5.74, 6) is -1.53. The van der Waals surface area contributed by atoms with Crippen molar-refractivity contribution in [3.8, 4) is 0 Å². The summed E-state index contributed by atoms with van der Waals surface area (Å²) < 4.78 is 5.07. The molecule has 1 aliphatic rings. The Morgan fingerprint density at radius 1 is 1.26 bits per heavy atom. The molecule has 1 aliphatic heterocycles. The molecule has 1 aromatic carbocycles. The second-order valence-electron chi connectivity index (χ2n) is 5.71. The van der Waals surface area contributed by atoms with Gasteiger partial charge in [-0.2, -0.15) is 0 Å². The summed E-state index contributed by atoms with van der Waals surface area (Å²) in [6.07, 6.45) is 2.32. The van der Waals surface area contributed by atoms with Gasteiger partial charge in [0.15, 0.2) is 6.61 Å². The zero-order valence-electron chi connectivity index (χ0n) is 13.3. The van der Waals surface area contributed by atoms with Crippen molar-refractivity contribution in [1.82, 2.24) is 4.90 Å². The molecule has 1 atom stereocenters. The van der Waals surface area contributed by atoms with Crippen molar-refractivity contribution < 1.29 is 19.1 Å². The predicted octanol–water partition coefficient (Wildman–Crippen LogP) is 1.13. The van der Waals surface area contributed by atoms with E-state index in [0.29, 0.717) is 25.1 Å². The van der Waals surface area contributed by atoms with Gasteiger partial charge in [0, 0.05) is 13.1 Å². The first kappa shape index (κ1) is 17.0. The first-order valence-electron chi connectivity index (χ1n) is 7.84. The Morgan fingerprint density at radius 2 is 1.96 bits per heavy atom. The van der Waals surface area contributed by atoms with Crippen molar-refractivity contribution >= 4 is 17.8 Å². The van der Waals surface area contributed by atoms with E-state index in [1.165, 1.54) is 4.90 Å². The highest BCUT2D eigenvalue weighted by Crippen LogP contribution is 2.16. The zero-order chi connectivity index (χ0) is 16.8. The monoisotopic (exact) mass is 318 g/mol. The van der Waals surface area contributed by atoms with Crippen molar-refractivity contribution in [1.29, 1.82) is 0 Å². The highest BCUT2D eigenvalue weighted by molar-refractivity contribution is 5.91. The minimum Gasteiger partial charge on any atom is -0.452 e. The number of likely N-dealkylation sites (tertiary alicyclic amines) is 1. The van der Waals surface area contributed by atoms with E-state index in [1.807, 2.05) is 19.1 Å². The minimum atomic E-state index is -0.524. The molecule has 0 unspecified atom stereocenters. The maximum atomic E-state index is 12.1. The molecule has 2 N–H and O–H groups in total. The van der Waals surface area contributed by atoms with Gasteiger partial charge in [-0.15, -0.1) is 0 Å². The number of hydrogen-bond donors (Lipinski definition) is 1. The van der Waals surface area contributed by atoms with Gasteiger partial charge in [0.05, 0.1) is 11.5 Å². The predicted molar refractivity (Wildman–Crippen MR) is 84.6 cm³/mol. The lowest BCUT2D eigenvalue weighted by atomic mass is 9.97. The number of amides is 2. The molecule has 6 heteroatoms. The number of piperidine rings is 1. The highest BCUT2D eigenvalue weighted by Gasteiger charge is 2.27. The van der Waals surface area contributed by atoms with Gasteiger partial charge in [-0.25, -0.2) is 4.79 Å². The Kier molecular flexibility index (Phi) is 5.73. The summed E-state index contributed by atoms with van der Waals surface area (Å²) in [5, 5.41) is 0. The molecule has 6 nitrogen and oxygen atoms in total. The van der Waals surface area contributed by atoms with Gasteiger partial charge in [-0.1, -0.05) is 19.1 Å². The summed E-state index contributed by atoms with van der Waals surface area (Å²) in [4.78, 5) is 36.8. The number of carbonyl (C=O) groups excluding carboxylic acids is 3. The Labute approximate surface area is 135 Å². The number of carbonyl (C=O) groups is 3. The number of ether oxygens (including phenoxy) is 1. The lowest BCUT2D eigenvalue weighted by Gasteiger charge is -2.31. The Hall–Kier alpha value is -2.37. The van der Waals surface area contributed by atoms with Crippen LogP contribution < -0.4 is 5.73 Å². The highest BCUT2D eigenvalue weighted by atomic mass is 16.5. The van der Waals surface area contributed by atoms with Crippen LogP contribution in [0.15, 0.2) is 24.3 Å². The van der Waals surface area contributed by atoms with Crippen LogP contribution >= 0.6 is 0 Å². The molecule has 0 aromatic heterocycles. The standard InChI is InChI=1S/C17H22N2O4/c1-2-12-5-7-13(8-6-12)17(22)23-11-15(20)19-9-3-4-14(10-19)16(18)21/h5-8,14H,2-4,9-11H2,1H3,(H2,18,21)/t14-/m1/s1. The van der Waals surface area contributed by atoms with E-state index in [2.05, 4.69) is 0 Å². The smallest absolute Gasteiger partial charge is 0.338 e. The van der Waals surface area contributed by atoms with Crippen LogP contribution in [0.1, 0.15) is 35.7 Å². The summed E-state index contributed by atoms with van der Waals surface area (Å²) in [6, 6.07) is 7.10. The molecule has 0 aliphatic carbocycles. The first-order valence-corrected chi connectivity index (χ1v) is 7.84. The van der Waals surface area contributed by atoms with E-state index in [4.69, 9.17) is 10.5 Å². The number of aryl methyl sites for hydroxylation is 1. The van der Waals surface area contributed by atoms with Crippen LogP contribution in [-0.4, -0.2) is 42.4 Å². The molecule has 0 spiro atoms. The van der Waals surface area contributed by atoms with E-state index >= 15 is 0 Å². The van der Waals surface area contributed by atoms with Gasteiger partial charge in [-0.05, 0) is 37.0 Å². The normalized spacial score (nSPS) is 17.6. The second-order valence-corrected chi connectivity index (χ2v) is 5.71. The van der Waals surface area contributed by atoms with Crippen LogP contribution in [-0.2, 0) is 20.7 Å². The molecule has 23 heavy (non-hydrogen) atoms. The number of esters is 1. The van der Waals surface area contributed by atoms with Crippen LogP contribution in [0.25, 0.3) is 0 Å². The summed E-state index contributed by atoms with van der Waals surface area (Å²) >= 11 is 0. The first-order chi connectivity index (χ1) is 11.0. The van der Waals surface area contributed by atoms with Crippen molar-refractivity contribution in [3.63, 3.8) is 0 Å². The van der Waals surface area contributed by atoms with Crippen molar-refractivity contribution in [2.75, 3.05) is 19.7 Å². The van der Waals surface area contributed by atoms with Crippen LogP contribution in [0.2, 0.25) is 0 Å². The van der Waals surface area contributed by atoms with E-state index in [-0.39, 0.29) is 18.4 Å². The Morgan fingerprint density at radius 3 is 2.57 bits per heavy atom. The average Bonchev–Trinajstić information content (AvgIpc) is 2.59. The summed E-state index contributed by atoms with van der Waals surface area (Å²) in [5.41, 5.74) is 6.84. The van der Waals surface area contributed by atoms with Gasteiger partial charge >= 0.3 is 5.97 Å². The Bertz CT molecular complexity index is 583. The molecule has 1 saturated heterocycles. The molecular formula is C17H22N2O4. The second kappa shape index (κ2) is 7.76. The molecule has 0 radical (unpaired) electrons. The lowest BCUT2D eigenvalue weighted by molar-refractivity contribution is -0.137. The number of hydrogen-bond acceptors (Lipinski definition) is 4. The van der Waals surface area contributed by atoms with Crippen molar-refractivity contribution in [3.05, 3.63) is 35.4 Å². The van der Waals surface area contributed by atoms with Gasteiger partial charge in [-0.3, -0.25) is 9.59 Å². The average molecular weight is 318 g/mol. The molecular weight excluding hydrogens is 296 g/mol. The third-order valence-electron chi connectivity index (χ3n) is 4.10. The quantitative estimate of drug-likeness (QED) is 0.824. The van der Waals surface area contributed by atoms with Crippen LogP contribution in [0, 0.1) is 5.92 Å². The molecule has 1 aromatic rings. The SMILES string of the molecule is CCc1ccc(C(=O)OCC(=O)N2CCC[C@@H](C(N)=O)C2)cc1. The number of nitrogens with zero attached hydrogens (tertiary/aromatic N) is 1. The molecule has 0 saturated carbocycles. The van der Waals surface area contributed by atoms with Crippen LogP contribution in [0.3, 0.4) is 0 Å². The number of benzene rings is 1. The van der Waals surface area contributed by atoms with Crippen LogP contribution in [0.5, 0.6) is 0 Å². The Balaban J connectivity index is 1.85. The minimum absolute atomic E-state index is 0.297. The molecule has 2 amide bonds. The third kappa shape index (κ3) is 4.55. The van der Waals surface area contributed by atoms with Crippen molar-refractivity contribution in [2.24, 2.45) is 11.7 Å². The van der Waals surface area contributed by atoms with Gasteiger partial charge in [0.2, 0.25) is 5.91 Å². The molecule has 2 rings (SSSR count). The summed E-state index contributed by atoms with van der Waals surface area (Å²) in [6.45, 7) is 2.58. The van der Waals surface area contributed by atoms with Gasteiger partial charge in [0.1, 0.15) is 0 Å². The maximum Gasteiger partial charge on any atom is 0.338 e. The molecule has 124 valence electrons. The fourth-order valence-corrected chi connectivity index (χ4v) is 2.61. The van der Waals surface area contributed by atoms with E-state index in [9.17, 15) is 14.4 Å². The molecule has 0 bridgehead atoms. The maximum absolute atomic E-state index is 12.1. The third-order valence-corrected chi connectivity index (χ3v) is 4.10. The zero-order valence-corrected chi connectivity index (χ0v) is 13.3. The van der Waals surface area contributed by atoms with E-state index < -0.39 is 11.9 Å². The van der Waals surface area contributed by atoms with Gasteiger partial charge in [0.25, 0.3) is 5.91 Å². The number of primary amides is 1. The summed E-state index contributed by atoms with van der Waals surface area (Å²) in [7, 11) is 0.